The summed E-state index contributed by atoms with van der Waals surface area (Å²) in [6.07, 6.45) is -0.126. The van der Waals surface area contributed by atoms with Crippen molar-refractivity contribution in [2.45, 2.75) is 19.4 Å². The molecule has 1 aromatic carbocycles. The van der Waals surface area contributed by atoms with Crippen LogP contribution in [0.3, 0.4) is 0 Å². The Morgan fingerprint density at radius 1 is 1.54 bits per heavy atom. The first kappa shape index (κ1) is 8.26. The third-order valence-electron chi connectivity index (χ3n) is 2.27. The maximum atomic E-state index is 11.1. The summed E-state index contributed by atoms with van der Waals surface area (Å²) in [6.45, 7) is 1.71. The van der Waals surface area contributed by atoms with E-state index in [-0.39, 0.29) is 5.91 Å². The van der Waals surface area contributed by atoms with Gasteiger partial charge in [-0.25, -0.2) is 0 Å². The van der Waals surface area contributed by atoms with Crippen LogP contribution in [0, 0.1) is 0 Å². The lowest BCUT2D eigenvalue weighted by atomic mass is 10.0. The molecule has 0 bridgehead atoms. The fourth-order valence-electron chi connectivity index (χ4n) is 1.67. The summed E-state index contributed by atoms with van der Waals surface area (Å²) in [5, 5.41) is 12.2. The van der Waals surface area contributed by atoms with Crippen LogP contribution in [0.5, 0.6) is 0 Å². The second-order valence-corrected chi connectivity index (χ2v) is 3.27. The number of hydrogen-bond donors (Lipinski definition) is 2. The zero-order valence-electron chi connectivity index (χ0n) is 7.37. The van der Waals surface area contributed by atoms with E-state index < -0.39 is 6.10 Å². The van der Waals surface area contributed by atoms with Gasteiger partial charge in [0.1, 0.15) is 0 Å². The average molecular weight is 177 g/mol. The summed E-state index contributed by atoms with van der Waals surface area (Å²) >= 11 is 0. The maximum Gasteiger partial charge on any atom is 0.228 e. The van der Waals surface area contributed by atoms with Gasteiger partial charge in [-0.1, -0.05) is 12.1 Å². The van der Waals surface area contributed by atoms with E-state index in [2.05, 4.69) is 5.32 Å². The highest BCUT2D eigenvalue weighted by Gasteiger charge is 2.21. The molecule has 3 nitrogen and oxygen atoms in total. The first-order valence-electron chi connectivity index (χ1n) is 4.28. The number of carbonyl (C=O) groups excluding carboxylic acids is 1. The molecule has 0 radical (unpaired) electrons. The summed E-state index contributed by atoms with van der Waals surface area (Å²) in [5.41, 5.74) is 2.61. The molecule has 1 unspecified atom stereocenters. The summed E-state index contributed by atoms with van der Waals surface area (Å²) in [6, 6.07) is 5.54. The molecule has 1 aromatic rings. The Bertz CT molecular complexity index is 358. The Hall–Kier alpha value is -1.35. The van der Waals surface area contributed by atoms with E-state index >= 15 is 0 Å². The summed E-state index contributed by atoms with van der Waals surface area (Å²) in [5.74, 6) is 0.00287. The zero-order valence-corrected chi connectivity index (χ0v) is 7.37. The maximum absolute atomic E-state index is 11.1. The summed E-state index contributed by atoms with van der Waals surface area (Å²) in [4.78, 5) is 11.1. The lowest BCUT2D eigenvalue weighted by molar-refractivity contribution is -0.115. The number of anilines is 1. The Morgan fingerprint density at radius 2 is 2.31 bits per heavy atom. The highest BCUT2D eigenvalue weighted by atomic mass is 16.3. The number of aliphatic hydroxyl groups is 1. The molecular formula is C10H11NO2. The predicted octanol–water partition coefficient (Wildman–Crippen LogP) is 1.23. The van der Waals surface area contributed by atoms with Gasteiger partial charge >= 0.3 is 0 Å². The van der Waals surface area contributed by atoms with Gasteiger partial charge in [0.2, 0.25) is 5.91 Å². The van der Waals surface area contributed by atoms with Crippen LogP contribution in [0.15, 0.2) is 18.2 Å². The van der Waals surface area contributed by atoms with Gasteiger partial charge in [-0.2, -0.15) is 0 Å². The van der Waals surface area contributed by atoms with Crippen molar-refractivity contribution in [3.05, 3.63) is 29.3 Å². The SMILES string of the molecule is CC(O)c1cccc2c1CC(=O)N2. The van der Waals surface area contributed by atoms with Crippen molar-refractivity contribution in [2.24, 2.45) is 0 Å². The molecule has 3 heteroatoms. The van der Waals surface area contributed by atoms with Crippen molar-refractivity contribution >= 4 is 11.6 Å². The van der Waals surface area contributed by atoms with Gasteiger partial charge in [-0.15, -0.1) is 0 Å². The molecule has 0 fully saturated rings. The van der Waals surface area contributed by atoms with Crippen molar-refractivity contribution in [3.63, 3.8) is 0 Å². The van der Waals surface area contributed by atoms with Crippen LogP contribution in [0.1, 0.15) is 24.2 Å². The first-order chi connectivity index (χ1) is 6.18. The molecule has 0 aliphatic carbocycles. The standard InChI is InChI=1S/C10H11NO2/c1-6(12)7-3-2-4-9-8(7)5-10(13)11-9/h2-4,6,12H,5H2,1H3,(H,11,13). The van der Waals surface area contributed by atoms with Gasteiger partial charge in [0.15, 0.2) is 0 Å². The molecule has 0 saturated carbocycles. The van der Waals surface area contributed by atoms with Gasteiger partial charge in [-0.05, 0) is 24.1 Å². The van der Waals surface area contributed by atoms with Crippen LogP contribution < -0.4 is 5.32 Å². The smallest absolute Gasteiger partial charge is 0.228 e. The lowest BCUT2D eigenvalue weighted by Crippen LogP contribution is -2.03. The number of nitrogens with one attached hydrogen (secondary N) is 1. The lowest BCUT2D eigenvalue weighted by Gasteiger charge is -2.08. The number of hydrogen-bond acceptors (Lipinski definition) is 2. The third kappa shape index (κ3) is 1.31. The predicted molar refractivity (Wildman–Crippen MR) is 49.4 cm³/mol. The van der Waals surface area contributed by atoms with E-state index in [1.807, 2.05) is 18.2 Å². The van der Waals surface area contributed by atoms with E-state index in [0.29, 0.717) is 6.42 Å². The normalized spacial score (nSPS) is 16.6. The number of fused-ring (bicyclic) bond motifs is 1. The van der Waals surface area contributed by atoms with E-state index in [1.165, 1.54) is 0 Å². The fourth-order valence-corrected chi connectivity index (χ4v) is 1.67. The van der Waals surface area contributed by atoms with Crippen molar-refractivity contribution in [2.75, 3.05) is 5.32 Å². The van der Waals surface area contributed by atoms with Gasteiger partial charge < -0.3 is 10.4 Å². The highest BCUT2D eigenvalue weighted by Crippen LogP contribution is 2.29. The summed E-state index contributed by atoms with van der Waals surface area (Å²) < 4.78 is 0. The molecule has 0 aromatic heterocycles. The van der Waals surface area contributed by atoms with E-state index in [0.717, 1.165) is 16.8 Å². The quantitative estimate of drug-likeness (QED) is 0.678. The molecule has 1 aliphatic heterocycles. The molecule has 68 valence electrons. The van der Waals surface area contributed by atoms with E-state index in [1.54, 1.807) is 6.92 Å². The molecule has 2 N–H and O–H groups in total. The molecule has 0 spiro atoms. The van der Waals surface area contributed by atoms with Crippen molar-refractivity contribution in [1.29, 1.82) is 0 Å². The largest absolute Gasteiger partial charge is 0.389 e. The summed E-state index contributed by atoms with van der Waals surface area (Å²) in [7, 11) is 0. The number of rotatable bonds is 1. The van der Waals surface area contributed by atoms with Crippen LogP contribution in [-0.2, 0) is 11.2 Å². The van der Waals surface area contributed by atoms with Crippen molar-refractivity contribution in [3.8, 4) is 0 Å². The third-order valence-corrected chi connectivity index (χ3v) is 2.27. The Labute approximate surface area is 76.4 Å². The highest BCUT2D eigenvalue weighted by molar-refractivity contribution is 5.99. The number of carbonyl (C=O) groups is 1. The zero-order chi connectivity index (χ0) is 9.42. The molecule has 1 atom stereocenters. The minimum Gasteiger partial charge on any atom is -0.389 e. The van der Waals surface area contributed by atoms with Gasteiger partial charge in [0.25, 0.3) is 0 Å². The minimum atomic E-state index is -0.511. The van der Waals surface area contributed by atoms with E-state index in [4.69, 9.17) is 0 Å². The molecule has 0 saturated heterocycles. The molecule has 2 rings (SSSR count). The van der Waals surface area contributed by atoms with Crippen LogP contribution in [0.4, 0.5) is 5.69 Å². The van der Waals surface area contributed by atoms with Crippen LogP contribution in [-0.4, -0.2) is 11.0 Å². The number of benzene rings is 1. The topological polar surface area (TPSA) is 49.3 Å². The molecule has 13 heavy (non-hydrogen) atoms. The minimum absolute atomic E-state index is 0.00287. The molecule has 1 amide bonds. The number of aliphatic hydroxyl groups excluding tert-OH is 1. The van der Waals surface area contributed by atoms with Gasteiger partial charge in [0.05, 0.1) is 12.5 Å². The Balaban J connectivity index is 2.51. The van der Waals surface area contributed by atoms with Crippen molar-refractivity contribution in [1.82, 2.24) is 0 Å². The van der Waals surface area contributed by atoms with Crippen LogP contribution in [0.2, 0.25) is 0 Å². The second-order valence-electron chi connectivity index (χ2n) is 3.27. The van der Waals surface area contributed by atoms with Crippen LogP contribution >= 0.6 is 0 Å². The van der Waals surface area contributed by atoms with Gasteiger partial charge in [0, 0.05) is 5.69 Å². The monoisotopic (exact) mass is 177 g/mol. The fraction of sp³-hybridized carbons (Fsp3) is 0.300. The number of amides is 1. The molecular weight excluding hydrogens is 166 g/mol. The Morgan fingerprint density at radius 3 is 3.00 bits per heavy atom. The van der Waals surface area contributed by atoms with Crippen LogP contribution in [0.25, 0.3) is 0 Å². The molecule has 1 heterocycles. The van der Waals surface area contributed by atoms with Crippen molar-refractivity contribution < 1.29 is 9.90 Å². The Kier molecular flexibility index (Phi) is 1.81. The first-order valence-corrected chi connectivity index (χ1v) is 4.28. The molecule has 1 aliphatic rings. The van der Waals surface area contributed by atoms with E-state index in [9.17, 15) is 9.90 Å². The van der Waals surface area contributed by atoms with Gasteiger partial charge in [-0.3, -0.25) is 4.79 Å². The second kappa shape index (κ2) is 2.85. The average Bonchev–Trinajstić information content (AvgIpc) is 2.43.